The molecule has 0 aromatic heterocycles. The first-order valence-corrected chi connectivity index (χ1v) is 8.47. The van der Waals surface area contributed by atoms with Crippen LogP contribution in [0, 0.1) is 0 Å². The highest BCUT2D eigenvalue weighted by atomic mass is 35.5. The van der Waals surface area contributed by atoms with Crippen LogP contribution >= 0.6 is 11.6 Å². The molecule has 3 unspecified atom stereocenters. The second-order valence-electron chi connectivity index (χ2n) is 6.75. The highest BCUT2D eigenvalue weighted by Crippen LogP contribution is 2.32. The van der Waals surface area contributed by atoms with E-state index in [1.54, 1.807) is 0 Å². The van der Waals surface area contributed by atoms with E-state index in [1.807, 2.05) is 6.07 Å². The van der Waals surface area contributed by atoms with E-state index in [0.717, 1.165) is 24.5 Å². The number of anilines is 1. The third kappa shape index (κ3) is 3.20. The van der Waals surface area contributed by atoms with Crippen LogP contribution in [0.3, 0.4) is 0 Å². The van der Waals surface area contributed by atoms with Gasteiger partial charge in [-0.05, 0) is 57.4 Å². The Morgan fingerprint density at radius 1 is 1.38 bits per heavy atom. The number of hydrogen-bond acceptors (Lipinski definition) is 3. The van der Waals surface area contributed by atoms with Gasteiger partial charge in [0.1, 0.15) is 0 Å². The molecule has 0 amide bonds. The normalized spacial score (nSPS) is 27.7. The van der Waals surface area contributed by atoms with Gasteiger partial charge in [0, 0.05) is 41.9 Å². The molecule has 3 atom stereocenters. The summed E-state index contributed by atoms with van der Waals surface area (Å²) in [6, 6.07) is 7.68. The van der Waals surface area contributed by atoms with E-state index >= 15 is 0 Å². The summed E-state index contributed by atoms with van der Waals surface area (Å²) in [6.45, 7) is 7.94. The molecule has 2 heterocycles. The van der Waals surface area contributed by atoms with Crippen molar-refractivity contribution in [3.63, 3.8) is 0 Å². The van der Waals surface area contributed by atoms with E-state index < -0.39 is 0 Å². The largest absolute Gasteiger partial charge is 0.366 e. The zero-order valence-electron chi connectivity index (χ0n) is 13.1. The smallest absolute Gasteiger partial charge is 0.0426 e. The lowest BCUT2D eigenvalue weighted by molar-refractivity contribution is 0.203. The molecule has 3 nitrogen and oxygen atoms in total. The highest BCUT2D eigenvalue weighted by molar-refractivity contribution is 6.30. The maximum absolute atomic E-state index is 6.26. The van der Waals surface area contributed by atoms with Gasteiger partial charge in [0.15, 0.2) is 0 Å². The topological polar surface area (TPSA) is 32.5 Å². The summed E-state index contributed by atoms with van der Waals surface area (Å²) in [7, 11) is 0. The molecule has 2 N–H and O–H groups in total. The van der Waals surface area contributed by atoms with E-state index in [4.69, 9.17) is 17.3 Å². The molecule has 0 spiro atoms. The van der Waals surface area contributed by atoms with Gasteiger partial charge in [0.2, 0.25) is 0 Å². The minimum absolute atomic E-state index is 0.174. The van der Waals surface area contributed by atoms with Gasteiger partial charge in [-0.3, -0.25) is 4.90 Å². The van der Waals surface area contributed by atoms with Crippen LogP contribution in [0.5, 0.6) is 0 Å². The van der Waals surface area contributed by atoms with E-state index in [1.165, 1.54) is 30.6 Å². The molecule has 2 saturated heterocycles. The minimum Gasteiger partial charge on any atom is -0.366 e. The van der Waals surface area contributed by atoms with Gasteiger partial charge in [-0.1, -0.05) is 17.7 Å². The van der Waals surface area contributed by atoms with Crippen molar-refractivity contribution in [3.8, 4) is 0 Å². The van der Waals surface area contributed by atoms with Crippen LogP contribution in [0.1, 0.15) is 32.3 Å². The molecule has 4 heteroatoms. The molecule has 1 aromatic rings. The summed E-state index contributed by atoms with van der Waals surface area (Å²) >= 11 is 6.26. The minimum atomic E-state index is 0.174. The Labute approximate surface area is 133 Å². The zero-order chi connectivity index (χ0) is 15.0. The van der Waals surface area contributed by atoms with Crippen LogP contribution in [0.2, 0.25) is 5.02 Å². The second kappa shape index (κ2) is 6.15. The molecule has 0 aliphatic carbocycles. The van der Waals surface area contributed by atoms with E-state index in [9.17, 15) is 0 Å². The third-order valence-corrected chi connectivity index (χ3v) is 5.07. The molecular weight excluding hydrogens is 282 g/mol. The maximum Gasteiger partial charge on any atom is 0.0426 e. The second-order valence-corrected chi connectivity index (χ2v) is 7.18. The Hall–Kier alpha value is -0.770. The lowest BCUT2D eigenvalue weighted by atomic mass is 10.0. The fraction of sp³-hybridized carbons (Fsp3) is 0.647. The third-order valence-electron chi connectivity index (χ3n) is 4.84. The number of nitrogens with zero attached hydrogens (tertiary/aromatic N) is 2. The average Bonchev–Trinajstić information content (AvgIpc) is 2.86. The maximum atomic E-state index is 6.26. The van der Waals surface area contributed by atoms with Crippen LogP contribution in [-0.4, -0.2) is 42.7 Å². The van der Waals surface area contributed by atoms with Crippen molar-refractivity contribution in [2.24, 2.45) is 5.73 Å². The molecule has 0 saturated carbocycles. The summed E-state index contributed by atoms with van der Waals surface area (Å²) in [5.41, 5.74) is 8.64. The first-order valence-electron chi connectivity index (χ1n) is 8.09. The quantitative estimate of drug-likeness (QED) is 0.932. The van der Waals surface area contributed by atoms with Crippen molar-refractivity contribution in [1.82, 2.24) is 4.90 Å². The first-order chi connectivity index (χ1) is 10.0. The standard InChI is InChI=1S/C17H26ClN3/c1-12(19)8-14-5-6-15(18)9-17(14)21-11-16-4-3-7-20(16)10-13(21)2/h5-6,9,12-13,16H,3-4,7-8,10-11,19H2,1-2H3. The molecule has 21 heavy (non-hydrogen) atoms. The predicted octanol–water partition coefficient (Wildman–Crippen LogP) is 2.90. The number of rotatable bonds is 3. The summed E-state index contributed by atoms with van der Waals surface area (Å²) < 4.78 is 0. The lowest BCUT2D eigenvalue weighted by Crippen LogP contribution is -2.55. The Kier molecular flexibility index (Phi) is 4.43. The van der Waals surface area contributed by atoms with Gasteiger partial charge in [-0.25, -0.2) is 0 Å². The van der Waals surface area contributed by atoms with Gasteiger partial charge < -0.3 is 10.6 Å². The first kappa shape index (κ1) is 15.1. The Balaban J connectivity index is 1.89. The fourth-order valence-corrected chi connectivity index (χ4v) is 4.01. The van der Waals surface area contributed by atoms with Crippen LogP contribution in [-0.2, 0) is 6.42 Å². The van der Waals surface area contributed by atoms with Gasteiger partial charge in [0.05, 0.1) is 0 Å². The van der Waals surface area contributed by atoms with Crippen molar-refractivity contribution >= 4 is 17.3 Å². The average molecular weight is 308 g/mol. The number of piperazine rings is 1. The van der Waals surface area contributed by atoms with E-state index in [-0.39, 0.29) is 6.04 Å². The Morgan fingerprint density at radius 3 is 2.95 bits per heavy atom. The summed E-state index contributed by atoms with van der Waals surface area (Å²) in [6.07, 6.45) is 3.57. The number of nitrogens with two attached hydrogens (primary N) is 1. The van der Waals surface area contributed by atoms with Crippen LogP contribution in [0.15, 0.2) is 18.2 Å². The number of benzene rings is 1. The van der Waals surface area contributed by atoms with Gasteiger partial charge in [-0.2, -0.15) is 0 Å². The van der Waals surface area contributed by atoms with Gasteiger partial charge >= 0.3 is 0 Å². The highest BCUT2D eigenvalue weighted by Gasteiger charge is 2.35. The molecule has 1 aromatic carbocycles. The lowest BCUT2D eigenvalue weighted by Gasteiger charge is -2.44. The molecule has 2 fully saturated rings. The van der Waals surface area contributed by atoms with Crippen LogP contribution in [0.4, 0.5) is 5.69 Å². The number of halogens is 1. The molecule has 0 radical (unpaired) electrons. The summed E-state index contributed by atoms with van der Waals surface area (Å²) in [5, 5.41) is 0.819. The zero-order valence-corrected chi connectivity index (χ0v) is 13.8. The molecule has 2 aliphatic heterocycles. The van der Waals surface area contributed by atoms with E-state index in [0.29, 0.717) is 12.1 Å². The van der Waals surface area contributed by atoms with Crippen molar-refractivity contribution in [3.05, 3.63) is 28.8 Å². The van der Waals surface area contributed by atoms with E-state index in [2.05, 4.69) is 35.8 Å². The van der Waals surface area contributed by atoms with Crippen LogP contribution in [0.25, 0.3) is 0 Å². The Morgan fingerprint density at radius 2 is 2.19 bits per heavy atom. The summed E-state index contributed by atoms with van der Waals surface area (Å²) in [4.78, 5) is 5.20. The Bertz CT molecular complexity index is 503. The monoisotopic (exact) mass is 307 g/mol. The summed E-state index contributed by atoms with van der Waals surface area (Å²) in [5.74, 6) is 0. The predicted molar refractivity (Wildman–Crippen MR) is 90.2 cm³/mol. The molecule has 116 valence electrons. The number of fused-ring (bicyclic) bond motifs is 1. The van der Waals surface area contributed by atoms with Gasteiger partial charge in [0.25, 0.3) is 0 Å². The van der Waals surface area contributed by atoms with Crippen LogP contribution < -0.4 is 10.6 Å². The fourth-order valence-electron chi connectivity index (χ4n) is 3.85. The van der Waals surface area contributed by atoms with Crippen molar-refractivity contribution in [2.45, 2.75) is 51.2 Å². The SMILES string of the molecule is CC(N)Cc1ccc(Cl)cc1N1CC2CCCN2CC1C. The molecule has 3 rings (SSSR count). The molecule has 2 aliphatic rings. The number of hydrogen-bond donors (Lipinski definition) is 1. The molecular formula is C17H26ClN3. The van der Waals surface area contributed by atoms with Crippen molar-refractivity contribution < 1.29 is 0 Å². The van der Waals surface area contributed by atoms with Crippen molar-refractivity contribution in [2.75, 3.05) is 24.5 Å². The molecule has 0 bridgehead atoms. The van der Waals surface area contributed by atoms with Gasteiger partial charge in [-0.15, -0.1) is 0 Å². The van der Waals surface area contributed by atoms with Crippen molar-refractivity contribution in [1.29, 1.82) is 0 Å².